The van der Waals surface area contributed by atoms with Crippen molar-refractivity contribution in [1.29, 1.82) is 0 Å². The average Bonchev–Trinajstić information content (AvgIpc) is 3.22. The fourth-order valence-electron chi connectivity index (χ4n) is 5.43. The Kier molecular flexibility index (Phi) is 6.66. The Morgan fingerprint density at radius 3 is 2.75 bits per heavy atom. The van der Waals surface area contributed by atoms with Crippen molar-refractivity contribution in [2.45, 2.75) is 64.8 Å². The third-order valence-corrected chi connectivity index (χ3v) is 7.46. The minimum Gasteiger partial charge on any atom is -0.492 e. The van der Waals surface area contributed by atoms with Crippen LogP contribution in [0.4, 0.5) is 0 Å². The fraction of sp³-hybridized carbons (Fsp3) is 0.593. The maximum atomic E-state index is 13.5. The smallest absolute Gasteiger partial charge is 0.231 e. The van der Waals surface area contributed by atoms with Gasteiger partial charge in [0.05, 0.1) is 39.7 Å². The predicted octanol–water partition coefficient (Wildman–Crippen LogP) is 5.53. The number of fused-ring (bicyclic) bond motifs is 2. The van der Waals surface area contributed by atoms with E-state index in [0.29, 0.717) is 18.0 Å². The second kappa shape index (κ2) is 9.30. The highest BCUT2D eigenvalue weighted by molar-refractivity contribution is 5.82. The molecule has 174 valence electrons. The van der Waals surface area contributed by atoms with E-state index in [1.807, 2.05) is 0 Å². The molecule has 2 atom stereocenters. The number of benzene rings is 1. The van der Waals surface area contributed by atoms with Crippen LogP contribution in [0.15, 0.2) is 29.4 Å². The molecule has 2 heterocycles. The molecule has 5 nitrogen and oxygen atoms in total. The molecule has 0 spiro atoms. The van der Waals surface area contributed by atoms with E-state index >= 15 is 0 Å². The molecule has 0 saturated heterocycles. The van der Waals surface area contributed by atoms with Crippen LogP contribution >= 0.6 is 0 Å². The molecule has 1 aromatic carbocycles. The van der Waals surface area contributed by atoms with Crippen molar-refractivity contribution < 1.29 is 23.5 Å². The molecule has 0 bridgehead atoms. The maximum Gasteiger partial charge on any atom is 0.231 e. The lowest BCUT2D eigenvalue weighted by molar-refractivity contribution is -0.922. The predicted molar refractivity (Wildman–Crippen MR) is 126 cm³/mol. The van der Waals surface area contributed by atoms with Gasteiger partial charge in [-0.3, -0.25) is 4.79 Å². The Balaban J connectivity index is 1.52. The van der Waals surface area contributed by atoms with Crippen molar-refractivity contribution in [1.82, 2.24) is 0 Å². The average molecular weight is 441 g/mol. The molecule has 0 fully saturated rings. The van der Waals surface area contributed by atoms with Gasteiger partial charge in [-0.15, -0.1) is 0 Å². The van der Waals surface area contributed by atoms with E-state index in [0.717, 1.165) is 66.6 Å². The van der Waals surface area contributed by atoms with E-state index in [1.54, 1.807) is 7.11 Å². The van der Waals surface area contributed by atoms with E-state index in [4.69, 9.17) is 14.2 Å². The number of quaternary nitrogens is 1. The van der Waals surface area contributed by atoms with Gasteiger partial charge in [0.15, 0.2) is 11.5 Å². The standard InChI is InChI=1S/C27H38NO4/c1-18(2)7-6-8-19-9-11-20(12-10-19)23(29)16-22-25-21(13-14-28(22,3)4)15-24-26(27(25)30-5)32-17-31-24/h7,9,15,20,22H,6,8,10-14,16-17H2,1-5H3/q+1/t20-,22-/m1/s1. The first-order valence-electron chi connectivity index (χ1n) is 12.0. The number of Topliss-reactive ketones (excluding diaryl/α,β-unsaturated/α-hetero) is 1. The van der Waals surface area contributed by atoms with Gasteiger partial charge < -0.3 is 18.7 Å². The molecule has 3 aliphatic rings. The van der Waals surface area contributed by atoms with Crippen molar-refractivity contribution >= 4 is 5.78 Å². The summed E-state index contributed by atoms with van der Waals surface area (Å²) >= 11 is 0. The first-order valence-corrected chi connectivity index (χ1v) is 12.0. The number of likely N-dealkylation sites (N-methyl/N-ethyl adjacent to an activating group) is 1. The second-order valence-corrected chi connectivity index (χ2v) is 10.3. The van der Waals surface area contributed by atoms with Crippen molar-refractivity contribution in [2.75, 3.05) is 34.5 Å². The van der Waals surface area contributed by atoms with Crippen LogP contribution in [0.5, 0.6) is 17.2 Å². The summed E-state index contributed by atoms with van der Waals surface area (Å²) in [6, 6.07) is 2.16. The van der Waals surface area contributed by atoms with Crippen LogP contribution in [0.1, 0.15) is 69.5 Å². The lowest BCUT2D eigenvalue weighted by Gasteiger charge is -2.43. The molecule has 0 unspecified atom stereocenters. The molecule has 0 radical (unpaired) electrons. The quantitative estimate of drug-likeness (QED) is 0.413. The lowest BCUT2D eigenvalue weighted by Crippen LogP contribution is -2.49. The largest absolute Gasteiger partial charge is 0.492 e. The molecule has 0 N–H and O–H groups in total. The Morgan fingerprint density at radius 1 is 1.25 bits per heavy atom. The number of ketones is 1. The van der Waals surface area contributed by atoms with Crippen LogP contribution in [0.25, 0.3) is 0 Å². The van der Waals surface area contributed by atoms with Crippen molar-refractivity contribution in [3.05, 3.63) is 40.5 Å². The van der Waals surface area contributed by atoms with E-state index in [9.17, 15) is 4.79 Å². The third-order valence-electron chi connectivity index (χ3n) is 7.46. The minimum absolute atomic E-state index is 0.0683. The van der Waals surface area contributed by atoms with Gasteiger partial charge in [-0.05, 0) is 57.6 Å². The van der Waals surface area contributed by atoms with E-state index in [-0.39, 0.29) is 18.8 Å². The monoisotopic (exact) mass is 440 g/mol. The number of methoxy groups -OCH3 is 1. The lowest BCUT2D eigenvalue weighted by atomic mass is 9.80. The zero-order valence-electron chi connectivity index (χ0n) is 20.3. The van der Waals surface area contributed by atoms with Gasteiger partial charge in [0, 0.05) is 12.3 Å². The Hall–Kier alpha value is -2.27. The van der Waals surface area contributed by atoms with Gasteiger partial charge in [0.2, 0.25) is 12.5 Å². The van der Waals surface area contributed by atoms with Crippen LogP contribution in [-0.4, -0.2) is 44.8 Å². The van der Waals surface area contributed by atoms with Gasteiger partial charge in [-0.25, -0.2) is 0 Å². The molecule has 0 aromatic heterocycles. The molecule has 0 amide bonds. The van der Waals surface area contributed by atoms with Crippen LogP contribution < -0.4 is 14.2 Å². The zero-order valence-corrected chi connectivity index (χ0v) is 20.3. The normalized spacial score (nSPS) is 23.2. The molecule has 0 saturated carbocycles. The summed E-state index contributed by atoms with van der Waals surface area (Å²) in [4.78, 5) is 13.5. The van der Waals surface area contributed by atoms with Crippen LogP contribution in [0, 0.1) is 5.92 Å². The van der Waals surface area contributed by atoms with Crippen molar-refractivity contribution in [2.24, 2.45) is 5.92 Å². The zero-order chi connectivity index (χ0) is 22.9. The summed E-state index contributed by atoms with van der Waals surface area (Å²) in [7, 11) is 6.15. The fourth-order valence-corrected chi connectivity index (χ4v) is 5.43. The number of nitrogens with zero attached hydrogens (tertiary/aromatic N) is 1. The summed E-state index contributed by atoms with van der Waals surface area (Å²) < 4.78 is 18.0. The van der Waals surface area contributed by atoms with Gasteiger partial charge >= 0.3 is 0 Å². The van der Waals surface area contributed by atoms with Crippen molar-refractivity contribution in [3.8, 4) is 17.2 Å². The molecule has 1 aliphatic carbocycles. The Labute approximate surface area is 192 Å². The Morgan fingerprint density at radius 2 is 2.06 bits per heavy atom. The molecule has 4 rings (SSSR count). The van der Waals surface area contributed by atoms with Crippen LogP contribution in [0.2, 0.25) is 0 Å². The topological polar surface area (TPSA) is 44.8 Å². The highest BCUT2D eigenvalue weighted by atomic mass is 16.7. The van der Waals surface area contributed by atoms with Gasteiger partial charge in [0.1, 0.15) is 11.8 Å². The van der Waals surface area contributed by atoms with Crippen LogP contribution in [-0.2, 0) is 11.2 Å². The summed E-state index contributed by atoms with van der Waals surface area (Å²) in [5.74, 6) is 2.72. The van der Waals surface area contributed by atoms with E-state index in [2.05, 4.69) is 46.2 Å². The van der Waals surface area contributed by atoms with E-state index < -0.39 is 0 Å². The number of carbonyl (C=O) groups is 1. The molecule has 5 heteroatoms. The molecular weight excluding hydrogens is 402 g/mol. The summed E-state index contributed by atoms with van der Waals surface area (Å²) in [5.41, 5.74) is 5.25. The third kappa shape index (κ3) is 4.59. The Bertz CT molecular complexity index is 939. The van der Waals surface area contributed by atoms with Gasteiger partial charge in [0.25, 0.3) is 0 Å². The van der Waals surface area contributed by atoms with Gasteiger partial charge in [-0.2, -0.15) is 0 Å². The highest BCUT2D eigenvalue weighted by Crippen LogP contribution is 2.51. The first-order chi connectivity index (χ1) is 15.3. The number of carbonyl (C=O) groups excluding carboxylic acids is 1. The molecular formula is C27H38NO4+. The number of rotatable bonds is 7. The van der Waals surface area contributed by atoms with Gasteiger partial charge in [-0.1, -0.05) is 23.3 Å². The SMILES string of the molecule is COc1c2c(cc3c1[C@@H](CC(=O)[C@@H]1CC=C(CCC=C(C)C)CC1)[N+](C)(C)CC3)OCO2. The number of hydrogen-bond acceptors (Lipinski definition) is 4. The minimum atomic E-state index is 0.0683. The maximum absolute atomic E-state index is 13.5. The number of allylic oxidation sites excluding steroid dienone is 4. The molecule has 2 aliphatic heterocycles. The van der Waals surface area contributed by atoms with E-state index in [1.165, 1.54) is 16.7 Å². The first kappa shape index (κ1) is 22.9. The molecule has 1 aromatic rings. The highest BCUT2D eigenvalue weighted by Gasteiger charge is 2.43. The van der Waals surface area contributed by atoms with Crippen LogP contribution in [0.3, 0.4) is 0 Å². The molecule has 32 heavy (non-hydrogen) atoms. The number of hydrogen-bond donors (Lipinski definition) is 0. The number of ether oxygens (including phenoxy) is 3. The second-order valence-electron chi connectivity index (χ2n) is 10.3. The summed E-state index contributed by atoms with van der Waals surface area (Å²) in [5, 5.41) is 0. The van der Waals surface area contributed by atoms with Crippen molar-refractivity contribution in [3.63, 3.8) is 0 Å². The summed E-state index contributed by atoms with van der Waals surface area (Å²) in [6.45, 7) is 5.51. The summed E-state index contributed by atoms with van der Waals surface area (Å²) in [6.07, 6.45) is 11.3.